The standard InChI is InChI=1S/C6H9ClN2O/c1-2-6(10)9-4-5(7)3-8-9/h3-4,6,10H,2H2,1H3. The van der Waals surface area contributed by atoms with Crippen molar-refractivity contribution >= 4 is 11.6 Å². The molecule has 1 rings (SSSR count). The van der Waals surface area contributed by atoms with Crippen LogP contribution in [0.2, 0.25) is 5.02 Å². The molecule has 1 atom stereocenters. The van der Waals surface area contributed by atoms with E-state index in [1.54, 1.807) is 6.20 Å². The van der Waals surface area contributed by atoms with Gasteiger partial charge in [0.2, 0.25) is 0 Å². The smallest absolute Gasteiger partial charge is 0.146 e. The molecule has 56 valence electrons. The Labute approximate surface area is 64.2 Å². The highest BCUT2D eigenvalue weighted by Crippen LogP contribution is 2.10. The third-order valence-corrected chi connectivity index (χ3v) is 1.44. The predicted octanol–water partition coefficient (Wildman–Crippen LogP) is 1.44. The predicted molar refractivity (Wildman–Crippen MR) is 38.8 cm³/mol. The molecule has 0 aliphatic heterocycles. The highest BCUT2D eigenvalue weighted by molar-refractivity contribution is 6.30. The minimum absolute atomic E-state index is 0.549. The summed E-state index contributed by atoms with van der Waals surface area (Å²) in [5, 5.41) is 13.6. The first-order chi connectivity index (χ1) is 4.74. The Morgan fingerprint density at radius 1 is 1.90 bits per heavy atom. The zero-order chi connectivity index (χ0) is 7.56. The minimum atomic E-state index is -0.549. The number of aromatic nitrogens is 2. The largest absolute Gasteiger partial charge is 0.372 e. The molecule has 0 saturated carbocycles. The van der Waals surface area contributed by atoms with Crippen molar-refractivity contribution in [1.82, 2.24) is 9.78 Å². The van der Waals surface area contributed by atoms with Gasteiger partial charge in [0, 0.05) is 6.20 Å². The topological polar surface area (TPSA) is 38.0 Å². The molecule has 1 heterocycles. The van der Waals surface area contributed by atoms with E-state index in [0.29, 0.717) is 11.4 Å². The van der Waals surface area contributed by atoms with E-state index >= 15 is 0 Å². The number of hydrogen-bond acceptors (Lipinski definition) is 2. The summed E-state index contributed by atoms with van der Waals surface area (Å²) in [6.07, 6.45) is 3.18. The van der Waals surface area contributed by atoms with Gasteiger partial charge in [-0.1, -0.05) is 18.5 Å². The van der Waals surface area contributed by atoms with Crippen molar-refractivity contribution in [1.29, 1.82) is 0 Å². The Bertz CT molecular complexity index is 211. The van der Waals surface area contributed by atoms with Crippen LogP contribution in [-0.4, -0.2) is 14.9 Å². The van der Waals surface area contributed by atoms with Gasteiger partial charge in [-0.15, -0.1) is 0 Å². The lowest BCUT2D eigenvalue weighted by molar-refractivity contribution is 0.0867. The maximum atomic E-state index is 9.18. The van der Waals surface area contributed by atoms with Crippen molar-refractivity contribution < 1.29 is 5.11 Å². The number of aliphatic hydroxyl groups is 1. The van der Waals surface area contributed by atoms with Crippen LogP contribution in [0, 0.1) is 0 Å². The summed E-state index contributed by atoms with van der Waals surface area (Å²) in [7, 11) is 0. The van der Waals surface area contributed by atoms with Gasteiger partial charge in [-0.25, -0.2) is 4.68 Å². The van der Waals surface area contributed by atoms with Gasteiger partial charge in [0.05, 0.1) is 11.2 Å². The third-order valence-electron chi connectivity index (χ3n) is 1.24. The van der Waals surface area contributed by atoms with Crippen LogP contribution in [0.4, 0.5) is 0 Å². The first kappa shape index (κ1) is 7.57. The molecule has 3 nitrogen and oxygen atoms in total. The van der Waals surface area contributed by atoms with Crippen molar-refractivity contribution in [3.05, 3.63) is 17.4 Å². The van der Waals surface area contributed by atoms with Crippen LogP contribution < -0.4 is 0 Å². The molecular formula is C6H9ClN2O. The maximum absolute atomic E-state index is 9.18. The molecule has 4 heteroatoms. The zero-order valence-electron chi connectivity index (χ0n) is 5.66. The van der Waals surface area contributed by atoms with Gasteiger partial charge in [-0.05, 0) is 6.42 Å². The molecule has 0 saturated heterocycles. The summed E-state index contributed by atoms with van der Waals surface area (Å²) in [6.45, 7) is 1.88. The molecule has 1 aromatic rings. The highest BCUT2D eigenvalue weighted by Gasteiger charge is 2.03. The second-order valence-electron chi connectivity index (χ2n) is 2.03. The van der Waals surface area contributed by atoms with E-state index in [2.05, 4.69) is 5.10 Å². The first-order valence-electron chi connectivity index (χ1n) is 3.11. The number of hydrogen-bond donors (Lipinski definition) is 1. The van der Waals surface area contributed by atoms with Crippen molar-refractivity contribution in [2.24, 2.45) is 0 Å². The van der Waals surface area contributed by atoms with Crippen molar-refractivity contribution in [2.75, 3.05) is 0 Å². The molecule has 0 bridgehead atoms. The Balaban J connectivity index is 2.74. The molecule has 0 amide bonds. The summed E-state index contributed by atoms with van der Waals surface area (Å²) in [4.78, 5) is 0. The fourth-order valence-electron chi connectivity index (χ4n) is 0.665. The van der Waals surface area contributed by atoms with Crippen LogP contribution in [0.3, 0.4) is 0 Å². The van der Waals surface area contributed by atoms with E-state index in [-0.39, 0.29) is 0 Å². The van der Waals surface area contributed by atoms with Crippen LogP contribution in [0.25, 0.3) is 0 Å². The van der Waals surface area contributed by atoms with E-state index in [4.69, 9.17) is 11.6 Å². The van der Waals surface area contributed by atoms with Gasteiger partial charge in [0.15, 0.2) is 0 Å². The van der Waals surface area contributed by atoms with Crippen LogP contribution in [0.15, 0.2) is 12.4 Å². The molecule has 0 spiro atoms. The second-order valence-corrected chi connectivity index (χ2v) is 2.46. The summed E-state index contributed by atoms with van der Waals surface area (Å²) in [6, 6.07) is 0. The number of nitrogens with zero attached hydrogens (tertiary/aromatic N) is 2. The molecule has 1 N–H and O–H groups in total. The van der Waals surface area contributed by atoms with Crippen LogP contribution >= 0.6 is 11.6 Å². The molecule has 0 fully saturated rings. The Morgan fingerprint density at radius 2 is 2.60 bits per heavy atom. The summed E-state index contributed by atoms with van der Waals surface area (Å²) in [5.74, 6) is 0. The SMILES string of the molecule is CCC(O)n1cc(Cl)cn1. The van der Waals surface area contributed by atoms with Crippen molar-refractivity contribution in [2.45, 2.75) is 19.6 Å². The van der Waals surface area contributed by atoms with Gasteiger partial charge in [0.25, 0.3) is 0 Å². The monoisotopic (exact) mass is 160 g/mol. The van der Waals surface area contributed by atoms with Gasteiger partial charge < -0.3 is 5.11 Å². The molecule has 1 aromatic heterocycles. The van der Waals surface area contributed by atoms with Gasteiger partial charge >= 0.3 is 0 Å². The van der Waals surface area contributed by atoms with Crippen molar-refractivity contribution in [3.8, 4) is 0 Å². The summed E-state index contributed by atoms with van der Waals surface area (Å²) < 4.78 is 1.43. The molecule has 0 radical (unpaired) electrons. The molecular weight excluding hydrogens is 152 g/mol. The molecule has 0 aromatic carbocycles. The molecule has 10 heavy (non-hydrogen) atoms. The quantitative estimate of drug-likeness (QED) is 0.711. The normalized spacial score (nSPS) is 13.5. The fraction of sp³-hybridized carbons (Fsp3) is 0.500. The van der Waals surface area contributed by atoms with E-state index in [9.17, 15) is 5.11 Å². The lowest BCUT2D eigenvalue weighted by Gasteiger charge is -2.05. The number of rotatable bonds is 2. The Morgan fingerprint density at radius 3 is 3.00 bits per heavy atom. The lowest BCUT2D eigenvalue weighted by atomic mass is 10.4. The first-order valence-corrected chi connectivity index (χ1v) is 3.49. The van der Waals surface area contributed by atoms with E-state index in [0.717, 1.165) is 0 Å². The highest BCUT2D eigenvalue weighted by atomic mass is 35.5. The van der Waals surface area contributed by atoms with Crippen LogP contribution in [-0.2, 0) is 0 Å². The summed E-state index contributed by atoms with van der Waals surface area (Å²) >= 11 is 5.57. The second kappa shape index (κ2) is 3.03. The van der Waals surface area contributed by atoms with Crippen molar-refractivity contribution in [3.63, 3.8) is 0 Å². The van der Waals surface area contributed by atoms with Gasteiger partial charge in [-0.3, -0.25) is 0 Å². The average molecular weight is 161 g/mol. The number of aliphatic hydroxyl groups excluding tert-OH is 1. The fourth-order valence-corrected chi connectivity index (χ4v) is 0.809. The summed E-state index contributed by atoms with van der Waals surface area (Å²) in [5.41, 5.74) is 0. The minimum Gasteiger partial charge on any atom is -0.372 e. The maximum Gasteiger partial charge on any atom is 0.146 e. The van der Waals surface area contributed by atoms with E-state index in [1.807, 2.05) is 6.92 Å². The zero-order valence-corrected chi connectivity index (χ0v) is 6.41. The average Bonchev–Trinajstić information content (AvgIpc) is 2.34. The van der Waals surface area contributed by atoms with E-state index in [1.165, 1.54) is 10.9 Å². The molecule has 0 aliphatic rings. The third kappa shape index (κ3) is 1.49. The Kier molecular flexibility index (Phi) is 2.29. The van der Waals surface area contributed by atoms with Gasteiger partial charge in [-0.2, -0.15) is 5.10 Å². The van der Waals surface area contributed by atoms with E-state index < -0.39 is 6.23 Å². The van der Waals surface area contributed by atoms with Crippen LogP contribution in [0.1, 0.15) is 19.6 Å². The van der Waals surface area contributed by atoms with Gasteiger partial charge in [0.1, 0.15) is 6.23 Å². The van der Waals surface area contributed by atoms with Crippen LogP contribution in [0.5, 0.6) is 0 Å². The lowest BCUT2D eigenvalue weighted by Crippen LogP contribution is -2.06. The number of halogens is 1. The molecule has 1 unspecified atom stereocenters. The molecule has 0 aliphatic carbocycles. The Hall–Kier alpha value is -0.540.